The maximum absolute atomic E-state index is 5.24. The van der Waals surface area contributed by atoms with Crippen LogP contribution in [0.1, 0.15) is 11.4 Å². The summed E-state index contributed by atoms with van der Waals surface area (Å²) >= 11 is 3.49. The maximum Gasteiger partial charge on any atom is 0.119 e. The molecule has 0 atom stereocenters. The van der Waals surface area contributed by atoms with Crippen LogP contribution in [0.3, 0.4) is 0 Å². The summed E-state index contributed by atoms with van der Waals surface area (Å²) < 4.78 is 7.40. The molecule has 0 unspecified atom stereocenters. The summed E-state index contributed by atoms with van der Waals surface area (Å²) in [6.45, 7) is 0.812. The van der Waals surface area contributed by atoms with Crippen molar-refractivity contribution in [1.29, 1.82) is 0 Å². The Morgan fingerprint density at radius 2 is 1.72 bits per heavy atom. The lowest BCUT2D eigenvalue weighted by atomic mass is 10.0. The van der Waals surface area contributed by atoms with Crippen LogP contribution < -0.4 is 10.1 Å². The monoisotopic (exact) mass is 447 g/mol. The maximum atomic E-state index is 5.24. The minimum absolute atomic E-state index is 0.752. The molecular weight excluding hydrogens is 426 g/mol. The average molecular weight is 448 g/mol. The number of nitrogens with one attached hydrogen (secondary N) is 1. The molecule has 5 heteroatoms. The van der Waals surface area contributed by atoms with Crippen molar-refractivity contribution in [2.24, 2.45) is 0 Å². The van der Waals surface area contributed by atoms with Crippen LogP contribution >= 0.6 is 15.9 Å². The van der Waals surface area contributed by atoms with Gasteiger partial charge in [-0.05, 0) is 41.5 Å². The highest BCUT2D eigenvalue weighted by atomic mass is 79.9. The highest BCUT2D eigenvalue weighted by Gasteiger charge is 2.07. The van der Waals surface area contributed by atoms with Crippen molar-refractivity contribution in [3.8, 4) is 16.9 Å². The predicted molar refractivity (Wildman–Crippen MR) is 122 cm³/mol. The van der Waals surface area contributed by atoms with Gasteiger partial charge >= 0.3 is 0 Å². The molecule has 1 heterocycles. The Balaban J connectivity index is 1.55. The van der Waals surface area contributed by atoms with Gasteiger partial charge in [0.05, 0.1) is 12.4 Å². The van der Waals surface area contributed by atoms with E-state index in [1.165, 1.54) is 16.7 Å². The molecule has 1 N–H and O–H groups in total. The lowest BCUT2D eigenvalue weighted by Gasteiger charge is -2.13. The van der Waals surface area contributed by atoms with Crippen molar-refractivity contribution in [3.63, 3.8) is 0 Å². The molecule has 0 saturated carbocycles. The smallest absolute Gasteiger partial charge is 0.119 e. The topological polar surface area (TPSA) is 39.1 Å². The van der Waals surface area contributed by atoms with Crippen molar-refractivity contribution >= 4 is 27.3 Å². The van der Waals surface area contributed by atoms with Gasteiger partial charge in [0.15, 0.2) is 0 Å². The van der Waals surface area contributed by atoms with Gasteiger partial charge in [-0.3, -0.25) is 0 Å². The average Bonchev–Trinajstić information content (AvgIpc) is 3.22. The van der Waals surface area contributed by atoms with Crippen LogP contribution in [0.4, 0.5) is 11.4 Å². The molecule has 4 rings (SSSR count). The minimum atomic E-state index is 0.752. The third kappa shape index (κ3) is 4.51. The zero-order valence-electron chi connectivity index (χ0n) is 16.2. The van der Waals surface area contributed by atoms with Crippen molar-refractivity contribution < 1.29 is 4.74 Å². The fraction of sp³-hybridized carbons (Fsp3) is 0.125. The second kappa shape index (κ2) is 8.97. The van der Waals surface area contributed by atoms with Crippen molar-refractivity contribution in [2.45, 2.75) is 11.9 Å². The number of anilines is 2. The molecule has 0 saturated heterocycles. The molecule has 146 valence electrons. The number of hydrogen-bond donors (Lipinski definition) is 1. The molecule has 3 aromatic carbocycles. The van der Waals surface area contributed by atoms with Crippen molar-refractivity contribution in [2.75, 3.05) is 12.4 Å². The van der Waals surface area contributed by atoms with Gasteiger partial charge in [0.1, 0.15) is 11.6 Å². The molecule has 4 aromatic rings. The Kier molecular flexibility index (Phi) is 5.96. The molecule has 0 fully saturated rings. The summed E-state index contributed by atoms with van der Waals surface area (Å²) in [6.07, 6.45) is 3.85. The number of hydrogen-bond acceptors (Lipinski definition) is 3. The number of rotatable bonds is 7. The SMILES string of the molecule is COc1ccc(Nc2ccccc2-c2ccc(Cn3ccnc3CBr)cc2)cc1. The second-order valence-corrected chi connectivity index (χ2v) is 7.26. The molecule has 0 bridgehead atoms. The Morgan fingerprint density at radius 3 is 2.45 bits per heavy atom. The van der Waals surface area contributed by atoms with Gasteiger partial charge in [0.2, 0.25) is 0 Å². The first-order valence-corrected chi connectivity index (χ1v) is 10.5. The number of para-hydroxylation sites is 1. The normalized spacial score (nSPS) is 10.7. The number of benzene rings is 3. The molecule has 1 aromatic heterocycles. The quantitative estimate of drug-likeness (QED) is 0.340. The lowest BCUT2D eigenvalue weighted by Crippen LogP contribution is -2.02. The van der Waals surface area contributed by atoms with E-state index in [-0.39, 0.29) is 0 Å². The highest BCUT2D eigenvalue weighted by molar-refractivity contribution is 9.08. The van der Waals surface area contributed by atoms with Gasteiger partial charge < -0.3 is 14.6 Å². The minimum Gasteiger partial charge on any atom is -0.497 e. The number of aromatic nitrogens is 2. The van der Waals surface area contributed by atoms with Gasteiger partial charge in [-0.1, -0.05) is 58.4 Å². The number of methoxy groups -OCH3 is 1. The van der Waals surface area contributed by atoms with Gasteiger partial charge in [-0.25, -0.2) is 4.98 Å². The molecule has 0 radical (unpaired) electrons. The van der Waals surface area contributed by atoms with E-state index in [9.17, 15) is 0 Å². The van der Waals surface area contributed by atoms with Gasteiger partial charge in [-0.2, -0.15) is 0 Å². The first-order chi connectivity index (χ1) is 14.3. The number of alkyl halides is 1. The van der Waals surface area contributed by atoms with E-state index in [0.29, 0.717) is 0 Å². The van der Waals surface area contributed by atoms with Crippen LogP contribution in [0.15, 0.2) is 85.2 Å². The standard InChI is InChI=1S/C24H22BrN3O/c1-29-21-12-10-20(11-13-21)27-23-5-3-2-4-22(23)19-8-6-18(7-9-19)17-28-15-14-26-24(28)16-25/h2-15,27H,16-17H2,1H3. The van der Waals surface area contributed by atoms with Crippen LogP contribution in [0.25, 0.3) is 11.1 Å². The number of ether oxygens (including phenoxy) is 1. The third-order valence-electron chi connectivity index (χ3n) is 4.84. The number of halogens is 1. The summed E-state index contributed by atoms with van der Waals surface area (Å²) in [5.41, 5.74) is 5.68. The van der Waals surface area contributed by atoms with Crippen molar-refractivity contribution in [1.82, 2.24) is 9.55 Å². The largest absolute Gasteiger partial charge is 0.497 e. The van der Waals surface area contributed by atoms with E-state index >= 15 is 0 Å². The molecule has 4 nitrogen and oxygen atoms in total. The molecule has 0 aliphatic carbocycles. The van der Waals surface area contributed by atoms with Crippen LogP contribution in [0, 0.1) is 0 Å². The molecule has 0 spiro atoms. The first kappa shape index (κ1) is 19.3. The predicted octanol–water partition coefficient (Wildman–Crippen LogP) is 6.25. The van der Waals surface area contributed by atoms with E-state index in [2.05, 4.69) is 73.3 Å². The van der Waals surface area contributed by atoms with E-state index in [4.69, 9.17) is 4.74 Å². The summed E-state index contributed by atoms with van der Waals surface area (Å²) in [5.74, 6) is 1.88. The first-order valence-electron chi connectivity index (χ1n) is 9.42. The zero-order chi connectivity index (χ0) is 20.1. The third-order valence-corrected chi connectivity index (χ3v) is 5.34. The van der Waals surface area contributed by atoms with Gasteiger partial charge in [-0.15, -0.1) is 0 Å². The summed E-state index contributed by atoms with van der Waals surface area (Å²) in [5, 5.41) is 4.27. The Bertz CT molecular complexity index is 1070. The van der Waals surface area contributed by atoms with Gasteiger partial charge in [0, 0.05) is 35.9 Å². The van der Waals surface area contributed by atoms with E-state index < -0.39 is 0 Å². The van der Waals surface area contributed by atoms with E-state index in [1.807, 2.05) is 42.7 Å². The summed E-state index contributed by atoms with van der Waals surface area (Å²) in [6, 6.07) is 25.0. The molecular formula is C24H22BrN3O. The van der Waals surface area contributed by atoms with Crippen LogP contribution in [0.5, 0.6) is 5.75 Å². The molecule has 0 aliphatic rings. The van der Waals surface area contributed by atoms with E-state index in [1.54, 1.807) is 7.11 Å². The Morgan fingerprint density at radius 1 is 0.966 bits per heavy atom. The summed E-state index contributed by atoms with van der Waals surface area (Å²) in [4.78, 5) is 4.36. The molecule has 29 heavy (non-hydrogen) atoms. The number of nitrogens with zero attached hydrogens (tertiary/aromatic N) is 2. The fourth-order valence-corrected chi connectivity index (χ4v) is 3.74. The zero-order valence-corrected chi connectivity index (χ0v) is 17.8. The van der Waals surface area contributed by atoms with Crippen LogP contribution in [-0.2, 0) is 11.9 Å². The Hall–Kier alpha value is -3.05. The van der Waals surface area contributed by atoms with Crippen LogP contribution in [-0.4, -0.2) is 16.7 Å². The molecule has 0 aliphatic heterocycles. The lowest BCUT2D eigenvalue weighted by molar-refractivity contribution is 0.415. The summed E-state index contributed by atoms with van der Waals surface area (Å²) in [7, 11) is 1.68. The van der Waals surface area contributed by atoms with E-state index in [0.717, 1.165) is 34.8 Å². The molecule has 0 amide bonds. The highest BCUT2D eigenvalue weighted by Crippen LogP contribution is 2.31. The van der Waals surface area contributed by atoms with Crippen molar-refractivity contribution in [3.05, 3.63) is 96.6 Å². The van der Waals surface area contributed by atoms with Gasteiger partial charge in [0.25, 0.3) is 0 Å². The fourth-order valence-electron chi connectivity index (χ4n) is 3.28. The van der Waals surface area contributed by atoms with Crippen LogP contribution in [0.2, 0.25) is 0 Å². The number of imidazole rings is 1. The second-order valence-electron chi connectivity index (χ2n) is 6.70. The Labute approximate surface area is 179 Å².